The molecule has 2 N–H and O–H groups in total. The third-order valence-corrected chi connectivity index (χ3v) is 5.37. The molecule has 1 aromatic carbocycles. The molecule has 1 saturated heterocycles. The van der Waals surface area contributed by atoms with Gasteiger partial charge in [-0.15, -0.1) is 0 Å². The van der Waals surface area contributed by atoms with E-state index in [-0.39, 0.29) is 11.9 Å². The molecule has 0 bridgehead atoms. The lowest BCUT2D eigenvalue weighted by Crippen LogP contribution is -2.54. The van der Waals surface area contributed by atoms with E-state index >= 15 is 0 Å². The smallest absolute Gasteiger partial charge is 0.322 e. The lowest BCUT2D eigenvalue weighted by atomic mass is 10.2. The maximum Gasteiger partial charge on any atom is 0.322 e. The van der Waals surface area contributed by atoms with Crippen molar-refractivity contribution in [3.63, 3.8) is 0 Å². The van der Waals surface area contributed by atoms with Gasteiger partial charge in [0.05, 0.1) is 11.7 Å². The monoisotopic (exact) mass is 437 g/mol. The lowest BCUT2D eigenvalue weighted by Gasteiger charge is -2.37. The lowest BCUT2D eigenvalue weighted by molar-refractivity contribution is -0.121. The van der Waals surface area contributed by atoms with E-state index in [0.29, 0.717) is 43.4 Å². The van der Waals surface area contributed by atoms with Crippen molar-refractivity contribution in [3.8, 4) is 5.82 Å². The van der Waals surface area contributed by atoms with E-state index in [1.807, 2.05) is 4.90 Å². The molecule has 4 rings (SSSR count). The molecule has 0 radical (unpaired) electrons. The maximum absolute atomic E-state index is 13.3. The highest BCUT2D eigenvalue weighted by Gasteiger charge is 2.28. The van der Waals surface area contributed by atoms with E-state index in [9.17, 15) is 14.0 Å². The van der Waals surface area contributed by atoms with Crippen LogP contribution in [0.4, 0.5) is 20.6 Å². The fourth-order valence-electron chi connectivity index (χ4n) is 3.56. The molecule has 1 fully saturated rings. The van der Waals surface area contributed by atoms with Crippen molar-refractivity contribution in [2.75, 3.05) is 36.8 Å². The standard InChI is InChI=1S/C22H24FN7O2/c1-16(21(31)26-18-6-2-5-17(23)15-18)28-11-13-29(14-12-28)22(32)27-19-7-3-8-24-20(19)30-10-4-9-25-30/h2-10,15-16H,11-14H2,1H3,(H,26,31)(H,27,32)/t16-/m0/s1. The van der Waals surface area contributed by atoms with Crippen LogP contribution in [-0.4, -0.2) is 68.7 Å². The molecule has 166 valence electrons. The Balaban J connectivity index is 1.32. The number of pyridine rings is 1. The average Bonchev–Trinajstić information content (AvgIpc) is 3.34. The second-order valence-corrected chi connectivity index (χ2v) is 7.45. The van der Waals surface area contributed by atoms with Crippen LogP contribution in [0, 0.1) is 5.82 Å². The second-order valence-electron chi connectivity index (χ2n) is 7.45. The normalized spacial score (nSPS) is 15.2. The van der Waals surface area contributed by atoms with Crippen LogP contribution in [0.5, 0.6) is 0 Å². The largest absolute Gasteiger partial charge is 0.325 e. The van der Waals surface area contributed by atoms with E-state index < -0.39 is 11.9 Å². The van der Waals surface area contributed by atoms with Gasteiger partial charge in [-0.3, -0.25) is 9.69 Å². The van der Waals surface area contributed by atoms with E-state index in [4.69, 9.17) is 0 Å². The molecule has 0 saturated carbocycles. The van der Waals surface area contributed by atoms with Gasteiger partial charge in [0.1, 0.15) is 5.82 Å². The van der Waals surface area contributed by atoms with Crippen molar-refractivity contribution < 1.29 is 14.0 Å². The summed E-state index contributed by atoms with van der Waals surface area (Å²) in [7, 11) is 0. The number of hydrogen-bond donors (Lipinski definition) is 2. The molecule has 1 aliphatic heterocycles. The number of amides is 3. The molecule has 0 unspecified atom stereocenters. The second kappa shape index (κ2) is 9.56. The summed E-state index contributed by atoms with van der Waals surface area (Å²) in [5, 5.41) is 9.81. The highest BCUT2D eigenvalue weighted by atomic mass is 19.1. The zero-order valence-corrected chi connectivity index (χ0v) is 17.6. The summed E-state index contributed by atoms with van der Waals surface area (Å²) < 4.78 is 14.9. The average molecular weight is 437 g/mol. The minimum Gasteiger partial charge on any atom is -0.325 e. The van der Waals surface area contributed by atoms with Gasteiger partial charge in [0.25, 0.3) is 0 Å². The van der Waals surface area contributed by atoms with Crippen LogP contribution in [0.25, 0.3) is 5.82 Å². The Morgan fingerprint density at radius 2 is 1.84 bits per heavy atom. The first-order chi connectivity index (χ1) is 15.5. The van der Waals surface area contributed by atoms with Gasteiger partial charge in [-0.25, -0.2) is 18.9 Å². The van der Waals surface area contributed by atoms with Crippen molar-refractivity contribution in [1.82, 2.24) is 24.6 Å². The Morgan fingerprint density at radius 1 is 1.03 bits per heavy atom. The number of carbonyl (C=O) groups is 2. The number of nitrogens with zero attached hydrogens (tertiary/aromatic N) is 5. The van der Waals surface area contributed by atoms with Gasteiger partial charge in [0.15, 0.2) is 5.82 Å². The van der Waals surface area contributed by atoms with Crippen LogP contribution >= 0.6 is 0 Å². The Labute approximate surface area is 184 Å². The summed E-state index contributed by atoms with van der Waals surface area (Å²) in [6, 6.07) is 10.5. The summed E-state index contributed by atoms with van der Waals surface area (Å²) in [6.07, 6.45) is 5.04. The fraction of sp³-hybridized carbons (Fsp3) is 0.273. The zero-order chi connectivity index (χ0) is 22.5. The third kappa shape index (κ3) is 4.92. The van der Waals surface area contributed by atoms with Crippen LogP contribution in [-0.2, 0) is 4.79 Å². The van der Waals surface area contributed by atoms with Crippen LogP contribution in [0.15, 0.2) is 61.1 Å². The summed E-state index contributed by atoms with van der Waals surface area (Å²) in [6.45, 7) is 3.84. The highest BCUT2D eigenvalue weighted by molar-refractivity contribution is 5.94. The van der Waals surface area contributed by atoms with Gasteiger partial charge < -0.3 is 15.5 Å². The van der Waals surface area contributed by atoms with Gasteiger partial charge in [-0.1, -0.05) is 6.07 Å². The van der Waals surface area contributed by atoms with Crippen LogP contribution in [0.1, 0.15) is 6.92 Å². The molecule has 3 heterocycles. The first kappa shape index (κ1) is 21.4. The van der Waals surface area contributed by atoms with Gasteiger partial charge in [-0.2, -0.15) is 5.10 Å². The minimum atomic E-state index is -0.409. The molecule has 9 nitrogen and oxygen atoms in total. The molecular weight excluding hydrogens is 413 g/mol. The molecule has 32 heavy (non-hydrogen) atoms. The Kier molecular flexibility index (Phi) is 6.41. The number of piperazine rings is 1. The van der Waals surface area contributed by atoms with Crippen LogP contribution in [0.3, 0.4) is 0 Å². The molecule has 0 spiro atoms. The molecule has 3 aromatic rings. The topological polar surface area (TPSA) is 95.4 Å². The molecule has 1 atom stereocenters. The number of anilines is 2. The first-order valence-corrected chi connectivity index (χ1v) is 10.3. The number of rotatable bonds is 5. The Bertz CT molecular complexity index is 1080. The van der Waals surface area contributed by atoms with Crippen molar-refractivity contribution in [2.45, 2.75) is 13.0 Å². The summed E-state index contributed by atoms with van der Waals surface area (Å²) in [4.78, 5) is 33.3. The number of nitrogens with one attached hydrogen (secondary N) is 2. The molecule has 3 amide bonds. The van der Waals surface area contributed by atoms with Gasteiger partial charge >= 0.3 is 6.03 Å². The predicted molar refractivity (Wildman–Crippen MR) is 118 cm³/mol. The minimum absolute atomic E-state index is 0.215. The quantitative estimate of drug-likeness (QED) is 0.640. The van der Waals surface area contributed by atoms with E-state index in [0.717, 1.165) is 0 Å². The first-order valence-electron chi connectivity index (χ1n) is 10.3. The molecule has 1 aliphatic rings. The van der Waals surface area contributed by atoms with Crippen LogP contribution in [0.2, 0.25) is 0 Å². The number of aromatic nitrogens is 3. The van der Waals surface area contributed by atoms with E-state index in [2.05, 4.69) is 20.7 Å². The van der Waals surface area contributed by atoms with Crippen molar-refractivity contribution in [2.24, 2.45) is 0 Å². The zero-order valence-electron chi connectivity index (χ0n) is 17.6. The molecule has 2 aromatic heterocycles. The highest BCUT2D eigenvalue weighted by Crippen LogP contribution is 2.18. The molecular formula is C22H24FN7O2. The van der Waals surface area contributed by atoms with Crippen molar-refractivity contribution in [1.29, 1.82) is 0 Å². The number of urea groups is 1. The molecule has 10 heteroatoms. The molecule has 0 aliphatic carbocycles. The Morgan fingerprint density at radius 3 is 2.56 bits per heavy atom. The van der Waals surface area contributed by atoms with Gasteiger partial charge in [0, 0.05) is 50.5 Å². The number of benzene rings is 1. The van der Waals surface area contributed by atoms with Gasteiger partial charge in [-0.05, 0) is 43.3 Å². The SMILES string of the molecule is C[C@@H](C(=O)Nc1cccc(F)c1)N1CCN(C(=O)Nc2cccnc2-n2cccn2)CC1. The summed E-state index contributed by atoms with van der Waals surface area (Å²) in [5.41, 5.74) is 0.982. The van der Waals surface area contributed by atoms with E-state index in [1.165, 1.54) is 12.1 Å². The van der Waals surface area contributed by atoms with Crippen molar-refractivity contribution >= 4 is 23.3 Å². The Hall–Kier alpha value is -3.79. The summed E-state index contributed by atoms with van der Waals surface area (Å²) >= 11 is 0. The summed E-state index contributed by atoms with van der Waals surface area (Å²) in [5.74, 6) is -0.0840. The van der Waals surface area contributed by atoms with Gasteiger partial charge in [0.2, 0.25) is 5.91 Å². The van der Waals surface area contributed by atoms with Crippen molar-refractivity contribution in [3.05, 3.63) is 66.9 Å². The predicted octanol–water partition coefficient (Wildman–Crippen LogP) is 2.58. The van der Waals surface area contributed by atoms with E-state index in [1.54, 1.807) is 65.4 Å². The number of hydrogen-bond acceptors (Lipinski definition) is 5. The van der Waals surface area contributed by atoms with Crippen LogP contribution < -0.4 is 10.6 Å². The maximum atomic E-state index is 13.3. The number of halogens is 1. The number of carbonyl (C=O) groups excluding carboxylic acids is 2. The third-order valence-electron chi connectivity index (χ3n) is 5.37. The fourth-order valence-corrected chi connectivity index (χ4v) is 3.56.